The van der Waals surface area contributed by atoms with Crippen LogP contribution in [0.5, 0.6) is 0 Å². The molecule has 0 saturated heterocycles. The first-order valence-corrected chi connectivity index (χ1v) is 16.5. The van der Waals surface area contributed by atoms with Crippen molar-refractivity contribution in [2.75, 3.05) is 0 Å². The van der Waals surface area contributed by atoms with E-state index in [1.54, 1.807) is 0 Å². The lowest BCUT2D eigenvalue weighted by Crippen LogP contribution is -2.31. The molecule has 2 aliphatic carbocycles. The van der Waals surface area contributed by atoms with Crippen molar-refractivity contribution >= 4 is 21.5 Å². The summed E-state index contributed by atoms with van der Waals surface area (Å²) in [5.41, 5.74) is 13.3. The Hall–Kier alpha value is -4.94. The summed E-state index contributed by atoms with van der Waals surface area (Å²) in [6.07, 6.45) is 0. The average molecular weight is 589 g/mol. The highest BCUT2D eigenvalue weighted by Crippen LogP contribution is 2.55. The molecular formula is C46H36. The normalized spacial score (nSPS) is 16.4. The summed E-state index contributed by atoms with van der Waals surface area (Å²) in [7, 11) is 0. The fraction of sp³-hybridized carbons (Fsp3) is 0.130. The quantitative estimate of drug-likeness (QED) is 0.176. The van der Waals surface area contributed by atoms with Crippen molar-refractivity contribution in [1.82, 2.24) is 0 Å². The lowest BCUT2D eigenvalue weighted by atomic mass is 9.61. The fourth-order valence-electron chi connectivity index (χ4n) is 8.77. The van der Waals surface area contributed by atoms with Gasteiger partial charge in [-0.25, -0.2) is 0 Å². The van der Waals surface area contributed by atoms with Crippen molar-refractivity contribution in [2.45, 2.75) is 38.5 Å². The highest BCUT2D eigenvalue weighted by atomic mass is 14.4. The van der Waals surface area contributed by atoms with Crippen LogP contribution in [-0.2, 0) is 10.8 Å². The van der Waals surface area contributed by atoms with Gasteiger partial charge in [0.15, 0.2) is 0 Å². The molecule has 0 amide bonds. The largest absolute Gasteiger partial charge is 0.0648 e. The highest BCUT2D eigenvalue weighted by Gasteiger charge is 2.42. The number of benzene rings is 7. The minimum atomic E-state index is -0.0968. The lowest BCUT2D eigenvalue weighted by Gasteiger charge is -2.41. The Morgan fingerprint density at radius 1 is 0.283 bits per heavy atom. The Bertz CT molecular complexity index is 2010. The van der Waals surface area contributed by atoms with Crippen molar-refractivity contribution < 1.29 is 0 Å². The van der Waals surface area contributed by atoms with Gasteiger partial charge in [-0.05, 0) is 77.2 Å². The van der Waals surface area contributed by atoms with Gasteiger partial charge in [-0.3, -0.25) is 0 Å². The van der Waals surface area contributed by atoms with Crippen molar-refractivity contribution in [3.63, 3.8) is 0 Å². The van der Waals surface area contributed by atoms with Crippen LogP contribution in [-0.4, -0.2) is 0 Å². The Balaban J connectivity index is 1.43. The fourth-order valence-corrected chi connectivity index (χ4v) is 8.77. The average Bonchev–Trinajstić information content (AvgIpc) is 3.09. The molecule has 9 rings (SSSR count). The SMILES string of the molecule is CC1(C)c2ccccc2[C](c2c3ccccc3c([C]3c4ccccc4C(C)(C)c4ccccc43)c3ccccc23)c2ccccc21. The molecule has 0 fully saturated rings. The van der Waals surface area contributed by atoms with Gasteiger partial charge >= 0.3 is 0 Å². The molecule has 0 heteroatoms. The first-order chi connectivity index (χ1) is 22.4. The van der Waals surface area contributed by atoms with E-state index in [4.69, 9.17) is 0 Å². The Morgan fingerprint density at radius 3 is 0.761 bits per heavy atom. The zero-order valence-electron chi connectivity index (χ0n) is 26.9. The Morgan fingerprint density at radius 2 is 0.500 bits per heavy atom. The van der Waals surface area contributed by atoms with Crippen molar-refractivity contribution in [3.8, 4) is 0 Å². The van der Waals surface area contributed by atoms with E-state index >= 15 is 0 Å². The molecule has 220 valence electrons. The van der Waals surface area contributed by atoms with E-state index in [1.807, 2.05) is 0 Å². The predicted molar refractivity (Wildman–Crippen MR) is 193 cm³/mol. The topological polar surface area (TPSA) is 0 Å². The molecule has 0 aliphatic heterocycles. The maximum Gasteiger partial charge on any atom is 0.0648 e. The second kappa shape index (κ2) is 9.78. The smallest absolute Gasteiger partial charge is 0.0619 e. The van der Waals surface area contributed by atoms with Gasteiger partial charge in [0, 0.05) is 10.8 Å². The van der Waals surface area contributed by atoms with Gasteiger partial charge in [0.1, 0.15) is 0 Å². The summed E-state index contributed by atoms with van der Waals surface area (Å²) in [6.45, 7) is 9.49. The molecule has 0 heterocycles. The maximum atomic E-state index is 2.37. The number of hydrogen-bond acceptors (Lipinski definition) is 0. The summed E-state index contributed by atoms with van der Waals surface area (Å²) in [6, 6.07) is 54.5. The van der Waals surface area contributed by atoms with Gasteiger partial charge in [-0.15, -0.1) is 0 Å². The third kappa shape index (κ3) is 3.62. The molecule has 7 aromatic carbocycles. The van der Waals surface area contributed by atoms with E-state index in [9.17, 15) is 0 Å². The van der Waals surface area contributed by atoms with Gasteiger partial charge in [0.2, 0.25) is 0 Å². The zero-order valence-corrected chi connectivity index (χ0v) is 26.9. The van der Waals surface area contributed by atoms with Crippen LogP contribution in [0.1, 0.15) is 83.3 Å². The van der Waals surface area contributed by atoms with Gasteiger partial charge in [-0.1, -0.05) is 173 Å². The Labute approximate surface area is 272 Å². The first kappa shape index (κ1) is 27.4. The summed E-state index contributed by atoms with van der Waals surface area (Å²) < 4.78 is 0. The third-order valence-corrected chi connectivity index (χ3v) is 10.9. The zero-order chi connectivity index (χ0) is 31.2. The van der Waals surface area contributed by atoms with Crippen LogP contribution in [0.4, 0.5) is 0 Å². The van der Waals surface area contributed by atoms with Crippen LogP contribution in [0.2, 0.25) is 0 Å². The standard InChI is InChI=1S/C46H36/c1-45(2)37-25-13-9-21-33(37)43(34-22-10-14-26-38(34)45)41-29-17-5-7-19-31(29)42(32-20-8-6-18-30(32)41)44-35-23-11-15-27-39(35)46(3,4)40-28-16-12-24-36(40)44/h5-28H,1-4H3. The lowest BCUT2D eigenvalue weighted by molar-refractivity contribution is 0.618. The molecule has 0 N–H and O–H groups in total. The molecule has 0 saturated carbocycles. The minimum Gasteiger partial charge on any atom is -0.0619 e. The van der Waals surface area contributed by atoms with Gasteiger partial charge in [0.25, 0.3) is 0 Å². The highest BCUT2D eigenvalue weighted by molar-refractivity contribution is 6.11. The molecule has 0 bridgehead atoms. The molecule has 2 aliphatic rings. The Kier molecular flexibility index (Phi) is 5.82. The third-order valence-electron chi connectivity index (χ3n) is 10.9. The molecular weight excluding hydrogens is 553 g/mol. The molecule has 0 unspecified atom stereocenters. The van der Waals surface area contributed by atoms with Gasteiger partial charge in [0.05, 0.1) is 11.8 Å². The van der Waals surface area contributed by atoms with E-state index < -0.39 is 0 Å². The first-order valence-electron chi connectivity index (χ1n) is 16.5. The van der Waals surface area contributed by atoms with Crippen LogP contribution < -0.4 is 0 Å². The monoisotopic (exact) mass is 588 g/mol. The molecule has 0 nitrogen and oxygen atoms in total. The predicted octanol–water partition coefficient (Wildman–Crippen LogP) is 11.3. The molecule has 7 aromatic rings. The van der Waals surface area contributed by atoms with E-state index in [-0.39, 0.29) is 10.8 Å². The van der Waals surface area contributed by atoms with Crippen molar-refractivity contribution in [1.29, 1.82) is 0 Å². The summed E-state index contributed by atoms with van der Waals surface area (Å²) in [5, 5.41) is 5.18. The van der Waals surface area contributed by atoms with Crippen LogP contribution in [0.25, 0.3) is 21.5 Å². The second-order valence-corrected chi connectivity index (χ2v) is 14.0. The number of hydrogen-bond donors (Lipinski definition) is 0. The van der Waals surface area contributed by atoms with Crippen molar-refractivity contribution in [2.24, 2.45) is 0 Å². The van der Waals surface area contributed by atoms with E-state index in [0.717, 1.165) is 0 Å². The summed E-state index contributed by atoms with van der Waals surface area (Å²) in [5.74, 6) is 2.67. The molecule has 46 heavy (non-hydrogen) atoms. The van der Waals surface area contributed by atoms with E-state index in [2.05, 4.69) is 173 Å². The molecule has 0 aromatic heterocycles. The van der Waals surface area contributed by atoms with Crippen LogP contribution >= 0.6 is 0 Å². The van der Waals surface area contributed by atoms with Crippen LogP contribution in [0.15, 0.2) is 146 Å². The molecule has 0 spiro atoms. The second-order valence-electron chi connectivity index (χ2n) is 14.0. The number of rotatable bonds is 2. The van der Waals surface area contributed by atoms with E-state index in [1.165, 1.54) is 89.0 Å². The van der Waals surface area contributed by atoms with Gasteiger partial charge < -0.3 is 0 Å². The van der Waals surface area contributed by atoms with Crippen molar-refractivity contribution in [3.05, 3.63) is 213 Å². The molecule has 0 atom stereocenters. The van der Waals surface area contributed by atoms with E-state index in [0.29, 0.717) is 0 Å². The summed E-state index contributed by atoms with van der Waals surface area (Å²) >= 11 is 0. The van der Waals surface area contributed by atoms with Crippen LogP contribution in [0.3, 0.4) is 0 Å². The summed E-state index contributed by atoms with van der Waals surface area (Å²) in [4.78, 5) is 0. The van der Waals surface area contributed by atoms with Gasteiger partial charge in [-0.2, -0.15) is 0 Å². The maximum absolute atomic E-state index is 2.37. The number of fused-ring (bicyclic) bond motifs is 6. The molecule has 2 radical (unpaired) electrons. The minimum absolute atomic E-state index is 0.0968. The van der Waals surface area contributed by atoms with Crippen LogP contribution in [0, 0.1) is 11.8 Å².